The fraction of sp³-hybridized carbons (Fsp3) is 0. The van der Waals surface area contributed by atoms with E-state index in [-0.39, 0.29) is 33.4 Å². The van der Waals surface area contributed by atoms with Gasteiger partial charge in [0.2, 0.25) is 0 Å². The monoisotopic (exact) mass is 450 g/mol. The normalized spacial score (nSPS) is 10.6. The Hall–Kier alpha value is -4.29. The molecule has 0 aliphatic carbocycles. The average Bonchev–Trinajstić information content (AvgIpc) is 3.20. The minimum atomic E-state index is -0.986. The largest absolute Gasteiger partial charge is 0.381 e. The first kappa shape index (κ1) is 21.0. The molecule has 0 atom stereocenters. The lowest BCUT2D eigenvalue weighted by molar-refractivity contribution is 0.102. The Kier molecular flexibility index (Phi) is 5.54. The molecule has 2 heterocycles. The van der Waals surface area contributed by atoms with Crippen molar-refractivity contribution < 1.29 is 13.6 Å². The molecule has 32 heavy (non-hydrogen) atoms. The van der Waals surface area contributed by atoms with Gasteiger partial charge < -0.3 is 11.1 Å². The van der Waals surface area contributed by atoms with Crippen molar-refractivity contribution in [2.75, 3.05) is 11.1 Å². The fourth-order valence-corrected chi connectivity index (χ4v) is 3.21. The first-order valence-corrected chi connectivity index (χ1v) is 9.53. The smallest absolute Gasteiger partial charge is 0.258 e. The van der Waals surface area contributed by atoms with Crippen LogP contribution in [0.1, 0.15) is 16.1 Å². The third-order valence-electron chi connectivity index (χ3n) is 4.51. The second-order valence-corrected chi connectivity index (χ2v) is 7.02. The quantitative estimate of drug-likeness (QED) is 0.473. The van der Waals surface area contributed by atoms with E-state index in [2.05, 4.69) is 15.4 Å². The maximum Gasteiger partial charge on any atom is 0.258 e. The molecule has 0 fully saturated rings. The summed E-state index contributed by atoms with van der Waals surface area (Å²) >= 11 is 6.20. The number of nitrogens with two attached hydrogens (primary N) is 1. The summed E-state index contributed by atoms with van der Waals surface area (Å²) in [4.78, 5) is 16.7. The lowest BCUT2D eigenvalue weighted by atomic mass is 10.1. The molecule has 10 heteroatoms. The molecule has 158 valence electrons. The van der Waals surface area contributed by atoms with Crippen LogP contribution in [0.25, 0.3) is 16.9 Å². The zero-order chi connectivity index (χ0) is 22.8. The third-order valence-corrected chi connectivity index (χ3v) is 4.84. The Labute approximate surface area is 185 Å². The maximum atomic E-state index is 14.2. The van der Waals surface area contributed by atoms with Crippen LogP contribution in [0.4, 0.5) is 20.4 Å². The van der Waals surface area contributed by atoms with Gasteiger partial charge in [-0.15, -0.1) is 0 Å². The number of para-hydroxylation sites is 1. The number of anilines is 2. The van der Waals surface area contributed by atoms with Gasteiger partial charge in [-0.25, -0.2) is 18.4 Å². The second kappa shape index (κ2) is 8.45. The molecule has 0 unspecified atom stereocenters. The highest BCUT2D eigenvalue weighted by atomic mass is 35.5. The van der Waals surface area contributed by atoms with E-state index in [0.717, 1.165) is 0 Å². The number of carbonyl (C=O) groups excluding carboxylic acids is 1. The van der Waals surface area contributed by atoms with Crippen molar-refractivity contribution >= 4 is 29.1 Å². The topological polar surface area (TPSA) is 110 Å². The number of nitrogens with one attached hydrogen (secondary N) is 1. The number of nitrogens with zero attached hydrogens (tertiary/aromatic N) is 4. The predicted molar refractivity (Wildman–Crippen MR) is 115 cm³/mol. The van der Waals surface area contributed by atoms with Crippen LogP contribution in [0.15, 0.2) is 60.7 Å². The Morgan fingerprint density at radius 1 is 1.09 bits per heavy atom. The molecule has 0 bridgehead atoms. The average molecular weight is 451 g/mol. The molecular formula is C22H13ClF2N6O. The van der Waals surface area contributed by atoms with E-state index in [4.69, 9.17) is 17.3 Å². The number of hydrogen-bond donors (Lipinski definition) is 2. The van der Waals surface area contributed by atoms with Crippen LogP contribution >= 0.6 is 11.6 Å². The molecule has 3 N–H and O–H groups in total. The second-order valence-electron chi connectivity index (χ2n) is 6.61. The van der Waals surface area contributed by atoms with Crippen LogP contribution in [-0.4, -0.2) is 20.7 Å². The van der Waals surface area contributed by atoms with Crippen LogP contribution in [0, 0.1) is 23.0 Å². The number of rotatable bonds is 4. The highest BCUT2D eigenvalue weighted by Crippen LogP contribution is 2.28. The van der Waals surface area contributed by atoms with E-state index in [0.29, 0.717) is 11.8 Å². The zero-order valence-electron chi connectivity index (χ0n) is 16.2. The first-order valence-electron chi connectivity index (χ1n) is 9.15. The molecule has 7 nitrogen and oxygen atoms in total. The van der Waals surface area contributed by atoms with Gasteiger partial charge in [0.15, 0.2) is 23.1 Å². The van der Waals surface area contributed by atoms with Crippen molar-refractivity contribution in [3.05, 3.63) is 88.6 Å². The summed E-state index contributed by atoms with van der Waals surface area (Å²) in [6, 6.07) is 17.0. The Balaban J connectivity index is 1.72. The van der Waals surface area contributed by atoms with E-state index in [9.17, 15) is 18.8 Å². The summed E-state index contributed by atoms with van der Waals surface area (Å²) in [5.41, 5.74) is 6.13. The molecule has 4 rings (SSSR count). The number of aromatic nitrogens is 3. The van der Waals surface area contributed by atoms with Crippen molar-refractivity contribution in [1.29, 1.82) is 5.26 Å². The van der Waals surface area contributed by atoms with E-state index in [1.165, 1.54) is 28.9 Å². The van der Waals surface area contributed by atoms with Crippen molar-refractivity contribution in [3.63, 3.8) is 0 Å². The summed E-state index contributed by atoms with van der Waals surface area (Å²) < 4.78 is 29.1. The number of halogens is 3. The standard InChI is InChI=1S/C22H13ClF2N6O/c23-16-7-6-12(20-17(24)10-18(25)21(27)29-20)8-15(16)22(32)28-19-9-13(11-26)30-31(19)14-4-2-1-3-5-14/h1-10H,(H2,27,29)(H,28,32). The van der Waals surface area contributed by atoms with Crippen LogP contribution in [0.3, 0.4) is 0 Å². The van der Waals surface area contributed by atoms with Gasteiger partial charge in [0.05, 0.1) is 16.3 Å². The van der Waals surface area contributed by atoms with Crippen LogP contribution < -0.4 is 11.1 Å². The summed E-state index contributed by atoms with van der Waals surface area (Å²) in [5.74, 6) is -2.80. The number of carbonyl (C=O) groups is 1. The van der Waals surface area contributed by atoms with Crippen molar-refractivity contribution in [1.82, 2.24) is 14.8 Å². The SMILES string of the molecule is N#Cc1cc(NC(=O)c2cc(-c3nc(N)c(F)cc3F)ccc2Cl)n(-c2ccccc2)n1. The Bertz CT molecular complexity index is 1380. The van der Waals surface area contributed by atoms with Gasteiger partial charge >= 0.3 is 0 Å². The molecule has 0 aliphatic rings. The van der Waals surface area contributed by atoms with Crippen molar-refractivity contribution in [2.24, 2.45) is 0 Å². The summed E-state index contributed by atoms with van der Waals surface area (Å²) in [5, 5.41) is 16.1. The first-order chi connectivity index (χ1) is 15.4. The fourth-order valence-electron chi connectivity index (χ4n) is 3.00. The van der Waals surface area contributed by atoms with Crippen LogP contribution in [0.5, 0.6) is 0 Å². The van der Waals surface area contributed by atoms with Crippen molar-refractivity contribution in [3.8, 4) is 23.0 Å². The van der Waals surface area contributed by atoms with E-state index in [1.807, 2.05) is 12.1 Å². The number of nitriles is 1. The van der Waals surface area contributed by atoms with Gasteiger partial charge in [0.25, 0.3) is 5.91 Å². The number of amides is 1. The van der Waals surface area contributed by atoms with Gasteiger partial charge in [-0.3, -0.25) is 4.79 Å². The molecule has 4 aromatic rings. The molecule has 0 aliphatic heterocycles. The highest BCUT2D eigenvalue weighted by molar-refractivity contribution is 6.34. The van der Waals surface area contributed by atoms with Gasteiger partial charge in [-0.1, -0.05) is 35.9 Å². The predicted octanol–water partition coefficient (Wildman–Crippen LogP) is 4.57. The molecule has 0 spiro atoms. The zero-order valence-corrected chi connectivity index (χ0v) is 16.9. The minimum absolute atomic E-state index is 0.00702. The summed E-state index contributed by atoms with van der Waals surface area (Å²) in [6.45, 7) is 0. The molecule has 0 radical (unpaired) electrons. The lowest BCUT2D eigenvalue weighted by Gasteiger charge is -2.11. The molecule has 2 aromatic carbocycles. The van der Waals surface area contributed by atoms with E-state index < -0.39 is 23.4 Å². The van der Waals surface area contributed by atoms with Crippen molar-refractivity contribution in [2.45, 2.75) is 0 Å². The van der Waals surface area contributed by atoms with Gasteiger partial charge in [0, 0.05) is 17.7 Å². The lowest BCUT2D eigenvalue weighted by Crippen LogP contribution is -2.16. The van der Waals surface area contributed by atoms with Gasteiger partial charge in [-0.2, -0.15) is 10.4 Å². The van der Waals surface area contributed by atoms with Gasteiger partial charge in [-0.05, 0) is 24.3 Å². The Morgan fingerprint density at radius 3 is 2.56 bits per heavy atom. The molecule has 0 saturated heterocycles. The number of benzene rings is 2. The molecule has 2 aromatic heterocycles. The highest BCUT2D eigenvalue weighted by Gasteiger charge is 2.19. The minimum Gasteiger partial charge on any atom is -0.381 e. The molecule has 0 saturated carbocycles. The van der Waals surface area contributed by atoms with Crippen LogP contribution in [0.2, 0.25) is 5.02 Å². The third kappa shape index (κ3) is 3.99. The summed E-state index contributed by atoms with van der Waals surface area (Å²) in [7, 11) is 0. The number of pyridine rings is 1. The van der Waals surface area contributed by atoms with E-state index in [1.54, 1.807) is 24.3 Å². The Morgan fingerprint density at radius 2 is 1.84 bits per heavy atom. The van der Waals surface area contributed by atoms with E-state index >= 15 is 0 Å². The summed E-state index contributed by atoms with van der Waals surface area (Å²) in [6.07, 6.45) is 0. The number of nitrogen functional groups attached to an aromatic ring is 1. The van der Waals surface area contributed by atoms with Crippen LogP contribution in [-0.2, 0) is 0 Å². The maximum absolute atomic E-state index is 14.2. The van der Waals surface area contributed by atoms with Gasteiger partial charge in [0.1, 0.15) is 17.6 Å². The molecular weight excluding hydrogens is 438 g/mol. The molecule has 1 amide bonds. The number of hydrogen-bond acceptors (Lipinski definition) is 5.